The largest absolute Gasteiger partial charge is 0.479 e. The molecule has 0 saturated heterocycles. The van der Waals surface area contributed by atoms with Crippen LogP contribution in [0.15, 0.2) is 73.3 Å². The first-order chi connectivity index (χ1) is 15.5. The molecule has 176 valence electrons. The van der Waals surface area contributed by atoms with E-state index in [0.717, 1.165) is 30.7 Å². The van der Waals surface area contributed by atoms with Crippen molar-refractivity contribution in [3.63, 3.8) is 0 Å². The van der Waals surface area contributed by atoms with Crippen molar-refractivity contribution in [2.45, 2.75) is 30.6 Å². The summed E-state index contributed by atoms with van der Waals surface area (Å²) in [4.78, 5) is 48.5. The van der Waals surface area contributed by atoms with Gasteiger partial charge in [0.15, 0.2) is 0 Å². The zero-order chi connectivity index (χ0) is 25.2. The number of carboxylic acids is 2. The van der Waals surface area contributed by atoms with E-state index >= 15 is 0 Å². The number of carbonyl (C=O) groups is 4. The second kappa shape index (κ2) is 11.8. The number of nitrogens with one attached hydrogen (secondary N) is 1. The molecular formula is C24H27NO8. The third-order valence-corrected chi connectivity index (χ3v) is 4.88. The molecule has 0 spiro atoms. The van der Waals surface area contributed by atoms with Gasteiger partial charge in [0.1, 0.15) is 0 Å². The number of benzene rings is 2. The van der Waals surface area contributed by atoms with Crippen LogP contribution in [0.4, 0.5) is 0 Å². The molecule has 0 bridgehead atoms. The highest BCUT2D eigenvalue weighted by Gasteiger charge is 2.69. The fourth-order valence-electron chi connectivity index (χ4n) is 2.80. The fraction of sp³-hybridized carbons (Fsp3) is 0.250. The second-order valence-electron chi connectivity index (χ2n) is 7.14. The molecule has 0 aromatic heterocycles. The minimum Gasteiger partial charge on any atom is -0.479 e. The number of aliphatic carboxylic acids is 2. The fourth-order valence-corrected chi connectivity index (χ4v) is 2.80. The normalized spacial score (nSPS) is 14.9. The lowest BCUT2D eigenvalue weighted by Crippen LogP contribution is -2.71. The molecule has 9 nitrogen and oxygen atoms in total. The number of hydrogen-bond acceptors (Lipinski definition) is 7. The molecule has 2 aromatic carbocycles. The van der Waals surface area contributed by atoms with Gasteiger partial charge < -0.3 is 25.7 Å². The third kappa shape index (κ3) is 5.78. The molecule has 0 saturated carbocycles. The topological polar surface area (TPSA) is 161 Å². The van der Waals surface area contributed by atoms with E-state index in [4.69, 9.17) is 0 Å². The zero-order valence-corrected chi connectivity index (χ0v) is 18.3. The molecule has 0 aliphatic heterocycles. The molecule has 2 aromatic rings. The maximum absolute atomic E-state index is 12.6. The molecule has 0 aliphatic carbocycles. The Morgan fingerprint density at radius 3 is 1.39 bits per heavy atom. The first-order valence-electron chi connectivity index (χ1n) is 9.87. The number of hydrogen-bond donors (Lipinski definition) is 5. The van der Waals surface area contributed by atoms with Gasteiger partial charge in [0.25, 0.3) is 11.2 Å². The average molecular weight is 457 g/mol. The van der Waals surface area contributed by atoms with E-state index in [1.54, 1.807) is 0 Å². The summed E-state index contributed by atoms with van der Waals surface area (Å²) in [5, 5.41) is 43.0. The number of carbonyl (C=O) groups excluding carboxylic acids is 2. The van der Waals surface area contributed by atoms with Gasteiger partial charge in [-0.25, -0.2) is 9.59 Å². The van der Waals surface area contributed by atoms with Crippen LogP contribution in [0.5, 0.6) is 0 Å². The summed E-state index contributed by atoms with van der Waals surface area (Å²) in [6.45, 7) is 5.74. The Morgan fingerprint density at radius 1 is 0.848 bits per heavy atom. The van der Waals surface area contributed by atoms with Crippen LogP contribution in [0.3, 0.4) is 0 Å². The van der Waals surface area contributed by atoms with E-state index in [0.29, 0.717) is 6.04 Å². The number of ketones is 2. The predicted octanol–water partition coefficient (Wildman–Crippen LogP) is 1.55. The third-order valence-electron chi connectivity index (χ3n) is 4.88. The molecular weight excluding hydrogens is 430 g/mol. The Hall–Kier alpha value is -3.66. The van der Waals surface area contributed by atoms with Gasteiger partial charge >= 0.3 is 11.9 Å². The Kier molecular flexibility index (Phi) is 9.80. The highest BCUT2D eigenvalue weighted by atomic mass is 16.5. The first kappa shape index (κ1) is 27.4. The lowest BCUT2D eigenvalue weighted by atomic mass is 9.73. The van der Waals surface area contributed by atoms with Gasteiger partial charge in [-0.15, -0.1) is 6.58 Å². The van der Waals surface area contributed by atoms with Gasteiger partial charge in [-0.05, 0) is 20.4 Å². The molecule has 5 N–H and O–H groups in total. The molecule has 3 unspecified atom stereocenters. The van der Waals surface area contributed by atoms with E-state index in [9.17, 15) is 39.6 Å². The van der Waals surface area contributed by atoms with Gasteiger partial charge in [-0.3, -0.25) is 9.59 Å². The van der Waals surface area contributed by atoms with E-state index in [2.05, 4.69) is 18.8 Å². The number of carboxylic acid groups (broad SMARTS) is 2. The number of Topliss-reactive ketones (excluding diaryl/α,β-unsaturated/α-hetero) is 2. The molecule has 0 radical (unpaired) electrons. The van der Waals surface area contributed by atoms with E-state index in [-0.39, 0.29) is 0 Å². The van der Waals surface area contributed by atoms with Crippen LogP contribution in [0.1, 0.15) is 34.1 Å². The van der Waals surface area contributed by atoms with Crippen molar-refractivity contribution < 1.29 is 39.6 Å². The summed E-state index contributed by atoms with van der Waals surface area (Å²) >= 11 is 0. The van der Waals surface area contributed by atoms with Gasteiger partial charge in [0.05, 0.1) is 0 Å². The summed E-state index contributed by atoms with van der Waals surface area (Å²) in [6.07, 6.45) is 2.97. The summed E-state index contributed by atoms with van der Waals surface area (Å²) in [5.74, 6) is -8.03. The van der Waals surface area contributed by atoms with Crippen molar-refractivity contribution in [2.24, 2.45) is 0 Å². The molecule has 0 amide bonds. The maximum Gasteiger partial charge on any atom is 0.348 e. The molecule has 0 fully saturated rings. The standard InChI is InChI=1S/C18H14O8.C6H13N/c19-13(11-7-3-1-4-8-11)17(25,15(21)22)18(26,16(23)24)14(20)12-9-5-2-6-10-12;1-4-5-6(2)7-3/h1-10,25-26H,(H,21,22)(H,23,24);4,6-7H,1,5H2,2-3H3. The van der Waals surface area contributed by atoms with Crippen LogP contribution in [0.25, 0.3) is 0 Å². The smallest absolute Gasteiger partial charge is 0.348 e. The highest BCUT2D eigenvalue weighted by molar-refractivity contribution is 6.28. The van der Waals surface area contributed by atoms with Crippen LogP contribution in [-0.2, 0) is 9.59 Å². The van der Waals surface area contributed by atoms with Crippen LogP contribution < -0.4 is 5.32 Å². The Morgan fingerprint density at radius 2 is 1.18 bits per heavy atom. The minimum absolute atomic E-state index is 0.391. The highest BCUT2D eigenvalue weighted by Crippen LogP contribution is 2.31. The maximum atomic E-state index is 12.6. The van der Waals surface area contributed by atoms with Crippen molar-refractivity contribution >= 4 is 23.5 Å². The molecule has 3 atom stereocenters. The summed E-state index contributed by atoms with van der Waals surface area (Å²) in [5.41, 5.74) is -8.68. The second-order valence-corrected chi connectivity index (χ2v) is 7.14. The molecule has 0 heterocycles. The van der Waals surface area contributed by atoms with Gasteiger partial charge in [0.2, 0.25) is 11.6 Å². The van der Waals surface area contributed by atoms with Crippen molar-refractivity contribution in [1.82, 2.24) is 5.32 Å². The van der Waals surface area contributed by atoms with Crippen LogP contribution in [-0.4, -0.2) is 68.2 Å². The van der Waals surface area contributed by atoms with E-state index in [1.165, 1.54) is 36.4 Å². The Labute approximate surface area is 191 Å². The van der Waals surface area contributed by atoms with Gasteiger partial charge in [-0.2, -0.15) is 0 Å². The van der Waals surface area contributed by atoms with Crippen LogP contribution in [0.2, 0.25) is 0 Å². The lowest BCUT2D eigenvalue weighted by Gasteiger charge is -2.34. The van der Waals surface area contributed by atoms with Crippen LogP contribution in [0, 0.1) is 0 Å². The average Bonchev–Trinajstić information content (AvgIpc) is 2.83. The quantitative estimate of drug-likeness (QED) is 0.202. The number of rotatable bonds is 10. The minimum atomic E-state index is -3.95. The Bertz CT molecular complexity index is 919. The van der Waals surface area contributed by atoms with Crippen molar-refractivity contribution in [2.75, 3.05) is 7.05 Å². The zero-order valence-electron chi connectivity index (χ0n) is 18.3. The van der Waals surface area contributed by atoms with Gasteiger partial charge in [-0.1, -0.05) is 66.7 Å². The van der Waals surface area contributed by atoms with Crippen molar-refractivity contribution in [3.05, 3.63) is 84.4 Å². The molecule has 0 aliphatic rings. The lowest BCUT2D eigenvalue weighted by molar-refractivity contribution is -0.187. The summed E-state index contributed by atoms with van der Waals surface area (Å²) in [7, 11) is 1.95. The van der Waals surface area contributed by atoms with Crippen molar-refractivity contribution in [1.29, 1.82) is 0 Å². The first-order valence-corrected chi connectivity index (χ1v) is 9.87. The van der Waals surface area contributed by atoms with E-state index in [1.807, 2.05) is 13.1 Å². The summed E-state index contributed by atoms with van der Waals surface area (Å²) in [6, 6.07) is 13.4. The predicted molar refractivity (Wildman–Crippen MR) is 120 cm³/mol. The van der Waals surface area contributed by atoms with Gasteiger partial charge in [0, 0.05) is 17.2 Å². The SMILES string of the molecule is C=CCC(C)NC.O=C(O)C(O)(C(=O)c1ccccc1)C(O)(C(=O)O)C(=O)c1ccccc1. The molecule has 9 heteroatoms. The van der Waals surface area contributed by atoms with E-state index < -0.39 is 45.8 Å². The monoisotopic (exact) mass is 457 g/mol. The number of aliphatic hydroxyl groups is 2. The molecule has 33 heavy (non-hydrogen) atoms. The van der Waals surface area contributed by atoms with Crippen molar-refractivity contribution in [3.8, 4) is 0 Å². The molecule has 2 rings (SSSR count). The summed E-state index contributed by atoms with van der Waals surface area (Å²) < 4.78 is 0. The Balaban J connectivity index is 0.000000675. The van der Waals surface area contributed by atoms with Crippen LogP contribution >= 0.6 is 0 Å².